The van der Waals surface area contributed by atoms with Gasteiger partial charge in [-0.3, -0.25) is 0 Å². The molecule has 0 saturated heterocycles. The average Bonchev–Trinajstić information content (AvgIpc) is 2.35. The highest BCUT2D eigenvalue weighted by molar-refractivity contribution is 5.41. The zero-order valence-electron chi connectivity index (χ0n) is 11.0. The number of rotatable bonds is 7. The molecule has 96 valence electrons. The van der Waals surface area contributed by atoms with Crippen LogP contribution in [0.5, 0.6) is 11.5 Å². The van der Waals surface area contributed by atoms with Gasteiger partial charge in [0.15, 0.2) is 11.5 Å². The highest BCUT2D eigenvalue weighted by Gasteiger charge is 2.04. The Kier molecular flexibility index (Phi) is 5.84. The highest BCUT2D eigenvalue weighted by atomic mass is 16.5. The molecule has 1 aromatic carbocycles. The van der Waals surface area contributed by atoms with Gasteiger partial charge in [-0.25, -0.2) is 0 Å². The molecule has 0 amide bonds. The van der Waals surface area contributed by atoms with E-state index >= 15 is 0 Å². The number of nitrogens with one attached hydrogen (secondary N) is 1. The van der Waals surface area contributed by atoms with E-state index in [0.29, 0.717) is 5.75 Å². The van der Waals surface area contributed by atoms with E-state index in [-0.39, 0.29) is 5.75 Å². The summed E-state index contributed by atoms with van der Waals surface area (Å²) in [6.45, 7) is 6.25. The Morgan fingerprint density at radius 3 is 2.53 bits per heavy atom. The molecule has 17 heavy (non-hydrogen) atoms. The van der Waals surface area contributed by atoms with Gasteiger partial charge in [-0.2, -0.15) is 0 Å². The summed E-state index contributed by atoms with van der Waals surface area (Å²) in [4.78, 5) is 0. The second kappa shape index (κ2) is 7.17. The first-order valence-electron chi connectivity index (χ1n) is 6.27. The van der Waals surface area contributed by atoms with Crippen molar-refractivity contribution in [2.24, 2.45) is 5.92 Å². The lowest BCUT2D eigenvalue weighted by molar-refractivity contribution is 0.372. The smallest absolute Gasteiger partial charge is 0.160 e. The molecule has 0 fully saturated rings. The van der Waals surface area contributed by atoms with Crippen molar-refractivity contribution in [2.75, 3.05) is 13.7 Å². The van der Waals surface area contributed by atoms with Crippen LogP contribution >= 0.6 is 0 Å². The minimum Gasteiger partial charge on any atom is -0.504 e. The van der Waals surface area contributed by atoms with E-state index in [2.05, 4.69) is 19.2 Å². The second-order valence-electron chi connectivity index (χ2n) is 4.32. The average molecular weight is 237 g/mol. The van der Waals surface area contributed by atoms with Crippen molar-refractivity contribution in [1.29, 1.82) is 0 Å². The molecule has 0 heterocycles. The fourth-order valence-electron chi connectivity index (χ4n) is 1.84. The molecule has 0 aliphatic rings. The number of benzene rings is 1. The Morgan fingerprint density at radius 1 is 1.29 bits per heavy atom. The highest BCUT2D eigenvalue weighted by Crippen LogP contribution is 2.26. The van der Waals surface area contributed by atoms with Gasteiger partial charge in [0.1, 0.15) is 0 Å². The Bertz CT molecular complexity index is 335. The molecule has 1 rings (SSSR count). The van der Waals surface area contributed by atoms with E-state index in [9.17, 15) is 5.11 Å². The van der Waals surface area contributed by atoms with E-state index in [0.717, 1.165) is 24.6 Å². The number of aromatic hydroxyl groups is 1. The van der Waals surface area contributed by atoms with Crippen molar-refractivity contribution in [3.05, 3.63) is 23.8 Å². The molecule has 0 aliphatic carbocycles. The van der Waals surface area contributed by atoms with Crippen molar-refractivity contribution in [3.8, 4) is 11.5 Å². The van der Waals surface area contributed by atoms with Gasteiger partial charge in [0.25, 0.3) is 0 Å². The van der Waals surface area contributed by atoms with E-state index in [1.807, 2.05) is 6.07 Å². The molecule has 0 bridgehead atoms. The number of methoxy groups -OCH3 is 1. The van der Waals surface area contributed by atoms with Gasteiger partial charge in [0, 0.05) is 6.54 Å². The summed E-state index contributed by atoms with van der Waals surface area (Å²) in [5.74, 6) is 1.46. The monoisotopic (exact) mass is 237 g/mol. The Balaban J connectivity index is 2.44. The van der Waals surface area contributed by atoms with E-state index in [1.54, 1.807) is 19.2 Å². The summed E-state index contributed by atoms with van der Waals surface area (Å²) in [6, 6.07) is 5.51. The van der Waals surface area contributed by atoms with Crippen molar-refractivity contribution in [2.45, 2.75) is 33.2 Å². The summed E-state index contributed by atoms with van der Waals surface area (Å²) in [7, 11) is 1.56. The van der Waals surface area contributed by atoms with Crippen LogP contribution in [0.4, 0.5) is 0 Å². The molecule has 0 unspecified atom stereocenters. The van der Waals surface area contributed by atoms with Crippen LogP contribution in [0, 0.1) is 5.92 Å². The third-order valence-corrected chi connectivity index (χ3v) is 3.16. The zero-order valence-corrected chi connectivity index (χ0v) is 11.0. The van der Waals surface area contributed by atoms with Crippen LogP contribution in [-0.2, 0) is 6.54 Å². The van der Waals surface area contributed by atoms with Gasteiger partial charge in [0.2, 0.25) is 0 Å². The lowest BCUT2D eigenvalue weighted by atomic mass is 10.0. The maximum Gasteiger partial charge on any atom is 0.160 e. The molecule has 1 aromatic rings. The van der Waals surface area contributed by atoms with Gasteiger partial charge in [-0.15, -0.1) is 0 Å². The predicted molar refractivity (Wildman–Crippen MR) is 70.4 cm³/mol. The first kappa shape index (κ1) is 13.8. The minimum atomic E-state index is 0.203. The molecule has 0 aliphatic heterocycles. The number of hydrogen-bond donors (Lipinski definition) is 2. The second-order valence-corrected chi connectivity index (χ2v) is 4.32. The summed E-state index contributed by atoms with van der Waals surface area (Å²) in [5, 5.41) is 13.1. The molecular formula is C14H23NO2. The maximum absolute atomic E-state index is 9.64. The third kappa shape index (κ3) is 4.27. The SMILES string of the molecule is CCC(CC)CNCc1ccc(OC)c(O)c1. The van der Waals surface area contributed by atoms with Gasteiger partial charge in [0.05, 0.1) is 7.11 Å². The van der Waals surface area contributed by atoms with Crippen LogP contribution in [0.15, 0.2) is 18.2 Å². The largest absolute Gasteiger partial charge is 0.504 e. The van der Waals surface area contributed by atoms with Crippen molar-refractivity contribution in [3.63, 3.8) is 0 Å². The van der Waals surface area contributed by atoms with Crippen molar-refractivity contribution in [1.82, 2.24) is 5.32 Å². The fourth-order valence-corrected chi connectivity index (χ4v) is 1.84. The number of ether oxygens (including phenoxy) is 1. The first-order chi connectivity index (χ1) is 8.21. The molecule has 0 radical (unpaired) electrons. The number of phenolic OH excluding ortho intramolecular Hbond substituents is 1. The molecule has 0 aromatic heterocycles. The quantitative estimate of drug-likeness (QED) is 0.766. The Labute approximate surface area is 104 Å². The summed E-state index contributed by atoms with van der Waals surface area (Å²) >= 11 is 0. The van der Waals surface area contributed by atoms with Crippen LogP contribution in [0.3, 0.4) is 0 Å². The molecule has 0 atom stereocenters. The van der Waals surface area contributed by atoms with E-state index in [1.165, 1.54) is 12.8 Å². The van der Waals surface area contributed by atoms with Crippen LogP contribution < -0.4 is 10.1 Å². The van der Waals surface area contributed by atoms with Crippen LogP contribution in [0.2, 0.25) is 0 Å². The minimum absolute atomic E-state index is 0.203. The van der Waals surface area contributed by atoms with Gasteiger partial charge in [-0.05, 0) is 30.2 Å². The van der Waals surface area contributed by atoms with Crippen LogP contribution in [0.25, 0.3) is 0 Å². The van der Waals surface area contributed by atoms with E-state index in [4.69, 9.17) is 4.74 Å². The molecule has 0 saturated carbocycles. The lowest BCUT2D eigenvalue weighted by Crippen LogP contribution is -2.21. The molecule has 2 N–H and O–H groups in total. The standard InChI is InChI=1S/C14H23NO2/c1-4-11(5-2)9-15-10-12-6-7-14(17-3)13(16)8-12/h6-8,11,15-16H,4-5,9-10H2,1-3H3. The lowest BCUT2D eigenvalue weighted by Gasteiger charge is -2.13. The third-order valence-electron chi connectivity index (χ3n) is 3.16. The molecule has 3 heteroatoms. The normalized spacial score (nSPS) is 10.8. The van der Waals surface area contributed by atoms with Crippen molar-refractivity contribution < 1.29 is 9.84 Å². The maximum atomic E-state index is 9.64. The van der Waals surface area contributed by atoms with E-state index < -0.39 is 0 Å². The predicted octanol–water partition coefficient (Wildman–Crippen LogP) is 2.93. The summed E-state index contributed by atoms with van der Waals surface area (Å²) < 4.78 is 5.01. The zero-order chi connectivity index (χ0) is 12.7. The molecular weight excluding hydrogens is 214 g/mol. The van der Waals surface area contributed by atoms with Gasteiger partial charge < -0.3 is 15.2 Å². The van der Waals surface area contributed by atoms with Crippen LogP contribution in [0.1, 0.15) is 32.3 Å². The molecule has 3 nitrogen and oxygen atoms in total. The number of phenols is 1. The Morgan fingerprint density at radius 2 is 2.00 bits per heavy atom. The summed E-state index contributed by atoms with van der Waals surface area (Å²) in [5.41, 5.74) is 1.08. The topological polar surface area (TPSA) is 41.5 Å². The first-order valence-corrected chi connectivity index (χ1v) is 6.27. The summed E-state index contributed by atoms with van der Waals surface area (Å²) in [6.07, 6.45) is 2.41. The molecule has 0 spiro atoms. The Hall–Kier alpha value is -1.22. The van der Waals surface area contributed by atoms with Gasteiger partial charge in [-0.1, -0.05) is 32.8 Å². The van der Waals surface area contributed by atoms with Crippen molar-refractivity contribution >= 4 is 0 Å². The fraction of sp³-hybridized carbons (Fsp3) is 0.571. The number of hydrogen-bond acceptors (Lipinski definition) is 3. The van der Waals surface area contributed by atoms with Gasteiger partial charge >= 0.3 is 0 Å². The van der Waals surface area contributed by atoms with Crippen LogP contribution in [-0.4, -0.2) is 18.8 Å².